The molecule has 2 aromatic rings. The molecule has 1 aliphatic heterocycles. The average Bonchev–Trinajstić information content (AvgIpc) is 2.96. The van der Waals surface area contributed by atoms with Crippen molar-refractivity contribution in [3.63, 3.8) is 0 Å². The van der Waals surface area contributed by atoms with Crippen LogP contribution >= 0.6 is 11.3 Å². The fourth-order valence-electron chi connectivity index (χ4n) is 2.72. The second-order valence-electron chi connectivity index (χ2n) is 5.32. The summed E-state index contributed by atoms with van der Waals surface area (Å²) in [6.45, 7) is 7.44. The Balaban J connectivity index is 1.67. The van der Waals surface area contributed by atoms with Gasteiger partial charge in [-0.25, -0.2) is 0 Å². The lowest BCUT2D eigenvalue weighted by atomic mass is 10.1. The summed E-state index contributed by atoms with van der Waals surface area (Å²) in [5, 5.41) is 9.78. The third-order valence-corrected chi connectivity index (χ3v) is 4.23. The molecule has 0 spiro atoms. The molecular weight excluding hydrogens is 258 g/mol. The van der Waals surface area contributed by atoms with Gasteiger partial charge >= 0.3 is 0 Å². The van der Waals surface area contributed by atoms with E-state index in [0.29, 0.717) is 12.1 Å². The van der Waals surface area contributed by atoms with Crippen LogP contribution in [0.2, 0.25) is 0 Å². The van der Waals surface area contributed by atoms with Crippen LogP contribution in [0.5, 0.6) is 0 Å². The number of hydrogen-bond donors (Lipinski definition) is 1. The number of piperazine rings is 1. The van der Waals surface area contributed by atoms with E-state index in [1.165, 1.54) is 0 Å². The molecule has 102 valence electrons. The van der Waals surface area contributed by atoms with Crippen LogP contribution in [0.1, 0.15) is 19.5 Å². The number of hydrogen-bond acceptors (Lipinski definition) is 5. The van der Waals surface area contributed by atoms with E-state index >= 15 is 0 Å². The first-order valence-corrected chi connectivity index (χ1v) is 7.56. The van der Waals surface area contributed by atoms with E-state index < -0.39 is 0 Å². The van der Waals surface area contributed by atoms with Crippen LogP contribution in [-0.4, -0.2) is 35.2 Å². The first-order chi connectivity index (χ1) is 9.20. The molecular formula is C14H19N3OS. The molecule has 3 heterocycles. The van der Waals surface area contributed by atoms with Crippen LogP contribution < -0.4 is 5.32 Å². The van der Waals surface area contributed by atoms with Crippen LogP contribution in [0, 0.1) is 0 Å². The predicted molar refractivity (Wildman–Crippen MR) is 77.2 cm³/mol. The molecule has 5 heteroatoms. The summed E-state index contributed by atoms with van der Waals surface area (Å²) in [5.41, 5.74) is 1.02. The van der Waals surface area contributed by atoms with E-state index in [0.717, 1.165) is 36.0 Å². The number of aromatic nitrogens is 1. The third-order valence-electron chi connectivity index (χ3n) is 3.34. The van der Waals surface area contributed by atoms with E-state index in [-0.39, 0.29) is 0 Å². The standard InChI is InChI=1S/C14H19N3OS/c1-10-7-17(8-11(2)15-10)9-12-6-13(18-16-12)14-4-3-5-19-14/h3-6,10-11,15H,7-9H2,1-2H3. The Labute approximate surface area is 117 Å². The first-order valence-electron chi connectivity index (χ1n) is 6.68. The lowest BCUT2D eigenvalue weighted by Gasteiger charge is -2.35. The monoisotopic (exact) mass is 277 g/mol. The van der Waals surface area contributed by atoms with Crippen molar-refractivity contribution in [3.05, 3.63) is 29.3 Å². The normalized spacial score (nSPS) is 24.7. The van der Waals surface area contributed by atoms with Crippen LogP contribution in [0.25, 0.3) is 10.6 Å². The minimum Gasteiger partial charge on any atom is -0.355 e. The summed E-state index contributed by atoms with van der Waals surface area (Å²) in [6, 6.07) is 7.22. The van der Waals surface area contributed by atoms with Gasteiger partial charge in [0.25, 0.3) is 0 Å². The average molecular weight is 277 g/mol. The molecule has 0 amide bonds. The molecule has 2 atom stereocenters. The molecule has 19 heavy (non-hydrogen) atoms. The van der Waals surface area contributed by atoms with Crippen molar-refractivity contribution in [2.45, 2.75) is 32.5 Å². The van der Waals surface area contributed by atoms with Crippen LogP contribution in [0.15, 0.2) is 28.1 Å². The van der Waals surface area contributed by atoms with Gasteiger partial charge in [-0.3, -0.25) is 4.90 Å². The first kappa shape index (κ1) is 12.8. The Kier molecular flexibility index (Phi) is 3.68. The zero-order valence-electron chi connectivity index (χ0n) is 11.3. The summed E-state index contributed by atoms with van der Waals surface area (Å²) in [4.78, 5) is 3.57. The van der Waals surface area contributed by atoms with Crippen molar-refractivity contribution in [2.24, 2.45) is 0 Å². The molecule has 1 aliphatic rings. The number of rotatable bonds is 3. The van der Waals surface area contributed by atoms with Crippen molar-refractivity contribution < 1.29 is 4.52 Å². The Morgan fingerprint density at radius 2 is 2.21 bits per heavy atom. The second-order valence-corrected chi connectivity index (χ2v) is 6.27. The van der Waals surface area contributed by atoms with Gasteiger partial charge in [-0.1, -0.05) is 11.2 Å². The van der Waals surface area contributed by atoms with Crippen LogP contribution in [0.4, 0.5) is 0 Å². The maximum atomic E-state index is 5.42. The molecule has 0 bridgehead atoms. The maximum absolute atomic E-state index is 5.42. The van der Waals surface area contributed by atoms with Gasteiger partial charge < -0.3 is 9.84 Å². The van der Waals surface area contributed by atoms with Gasteiger partial charge in [0.2, 0.25) is 0 Å². The fraction of sp³-hybridized carbons (Fsp3) is 0.500. The molecule has 1 N–H and O–H groups in total. The molecule has 0 aromatic carbocycles. The fourth-order valence-corrected chi connectivity index (χ4v) is 3.39. The lowest BCUT2D eigenvalue weighted by Crippen LogP contribution is -2.53. The van der Waals surface area contributed by atoms with E-state index in [1.807, 2.05) is 6.07 Å². The molecule has 0 radical (unpaired) electrons. The molecule has 2 aromatic heterocycles. The van der Waals surface area contributed by atoms with E-state index in [9.17, 15) is 0 Å². The third kappa shape index (κ3) is 3.05. The highest BCUT2D eigenvalue weighted by atomic mass is 32.1. The van der Waals surface area contributed by atoms with Gasteiger partial charge in [0, 0.05) is 37.8 Å². The van der Waals surface area contributed by atoms with Gasteiger partial charge in [0.05, 0.1) is 10.6 Å². The largest absolute Gasteiger partial charge is 0.355 e. The molecule has 1 saturated heterocycles. The second kappa shape index (κ2) is 5.45. The van der Waals surface area contributed by atoms with Crippen molar-refractivity contribution in [1.82, 2.24) is 15.4 Å². The minimum absolute atomic E-state index is 0.535. The van der Waals surface area contributed by atoms with E-state index in [2.05, 4.69) is 46.7 Å². The van der Waals surface area contributed by atoms with Gasteiger partial charge in [0.1, 0.15) is 0 Å². The van der Waals surface area contributed by atoms with Gasteiger partial charge in [-0.05, 0) is 25.3 Å². The quantitative estimate of drug-likeness (QED) is 0.936. The molecule has 3 rings (SSSR count). The summed E-state index contributed by atoms with van der Waals surface area (Å²) < 4.78 is 5.42. The highest BCUT2D eigenvalue weighted by Gasteiger charge is 2.21. The molecule has 0 aliphatic carbocycles. The molecule has 4 nitrogen and oxygen atoms in total. The molecule has 1 fully saturated rings. The smallest absolute Gasteiger partial charge is 0.177 e. The Morgan fingerprint density at radius 1 is 1.42 bits per heavy atom. The summed E-state index contributed by atoms with van der Waals surface area (Å²) >= 11 is 1.68. The summed E-state index contributed by atoms with van der Waals surface area (Å²) in [5.74, 6) is 0.876. The maximum Gasteiger partial charge on any atom is 0.177 e. The summed E-state index contributed by atoms with van der Waals surface area (Å²) in [7, 11) is 0. The number of thiophene rings is 1. The summed E-state index contributed by atoms with van der Waals surface area (Å²) in [6.07, 6.45) is 0. The SMILES string of the molecule is CC1CN(Cc2cc(-c3cccs3)on2)CC(C)N1. The van der Waals surface area contributed by atoms with Gasteiger partial charge in [-0.15, -0.1) is 11.3 Å². The minimum atomic E-state index is 0.535. The van der Waals surface area contributed by atoms with Crippen molar-refractivity contribution in [1.29, 1.82) is 0 Å². The zero-order valence-corrected chi connectivity index (χ0v) is 12.1. The van der Waals surface area contributed by atoms with Crippen molar-refractivity contribution in [3.8, 4) is 10.6 Å². The zero-order chi connectivity index (χ0) is 13.2. The van der Waals surface area contributed by atoms with Gasteiger partial charge in [-0.2, -0.15) is 0 Å². The lowest BCUT2D eigenvalue weighted by molar-refractivity contribution is 0.163. The topological polar surface area (TPSA) is 41.3 Å². The Morgan fingerprint density at radius 3 is 2.89 bits per heavy atom. The number of nitrogens with one attached hydrogen (secondary N) is 1. The van der Waals surface area contributed by atoms with E-state index in [1.54, 1.807) is 11.3 Å². The Bertz CT molecular complexity index is 513. The predicted octanol–water partition coefficient (Wildman–Crippen LogP) is 2.59. The van der Waals surface area contributed by atoms with Crippen molar-refractivity contribution >= 4 is 11.3 Å². The highest BCUT2D eigenvalue weighted by molar-refractivity contribution is 7.13. The highest BCUT2D eigenvalue weighted by Crippen LogP contribution is 2.25. The molecule has 0 saturated carbocycles. The van der Waals surface area contributed by atoms with Gasteiger partial charge in [0.15, 0.2) is 5.76 Å². The van der Waals surface area contributed by atoms with Crippen molar-refractivity contribution in [2.75, 3.05) is 13.1 Å². The van der Waals surface area contributed by atoms with E-state index in [4.69, 9.17) is 4.52 Å². The molecule has 2 unspecified atom stereocenters. The van der Waals surface area contributed by atoms with Crippen LogP contribution in [0.3, 0.4) is 0 Å². The Hall–Kier alpha value is -1.17. The van der Waals surface area contributed by atoms with Crippen LogP contribution in [-0.2, 0) is 6.54 Å². The number of nitrogens with zero attached hydrogens (tertiary/aromatic N) is 2.